The molecule has 5 nitrogen and oxygen atoms in total. The lowest BCUT2D eigenvalue weighted by Crippen LogP contribution is -2.38. The second-order valence-electron chi connectivity index (χ2n) is 6.33. The number of methoxy groups -OCH3 is 1. The Morgan fingerprint density at radius 1 is 1.22 bits per heavy atom. The summed E-state index contributed by atoms with van der Waals surface area (Å²) in [5.74, 6) is 1.50. The Morgan fingerprint density at radius 2 is 1.93 bits per heavy atom. The average molecular weight is 483 g/mol. The van der Waals surface area contributed by atoms with Gasteiger partial charge in [0.2, 0.25) is 0 Å². The first-order valence-corrected chi connectivity index (χ1v) is 8.90. The van der Waals surface area contributed by atoms with Gasteiger partial charge in [-0.1, -0.05) is 42.0 Å². The van der Waals surface area contributed by atoms with Gasteiger partial charge in [-0.15, -0.1) is 24.0 Å². The van der Waals surface area contributed by atoms with Crippen molar-refractivity contribution in [1.82, 2.24) is 10.2 Å². The number of benzene rings is 2. The third-order valence-corrected chi connectivity index (χ3v) is 4.13. The minimum absolute atomic E-state index is 0. The van der Waals surface area contributed by atoms with Crippen molar-refractivity contribution in [2.45, 2.75) is 26.5 Å². The van der Waals surface area contributed by atoms with E-state index in [4.69, 9.17) is 4.74 Å². The SMILES string of the molecule is CCNC(=NCC(O)c1cccc(OC)c1)N(C)Cc1ccc(C)cc1.I. The van der Waals surface area contributed by atoms with Crippen LogP contribution in [-0.4, -0.2) is 43.2 Å². The van der Waals surface area contributed by atoms with E-state index in [1.54, 1.807) is 7.11 Å². The number of nitrogens with one attached hydrogen (secondary N) is 1. The number of aliphatic imine (C=N–C) groups is 1. The number of halogens is 1. The number of ether oxygens (including phenoxy) is 1. The maximum atomic E-state index is 10.5. The number of aliphatic hydroxyl groups is 1. The van der Waals surface area contributed by atoms with Gasteiger partial charge >= 0.3 is 0 Å². The molecule has 2 aromatic carbocycles. The summed E-state index contributed by atoms with van der Waals surface area (Å²) in [5.41, 5.74) is 3.26. The van der Waals surface area contributed by atoms with Crippen molar-refractivity contribution in [2.24, 2.45) is 4.99 Å². The third kappa shape index (κ3) is 7.38. The molecule has 0 aromatic heterocycles. The largest absolute Gasteiger partial charge is 0.497 e. The number of guanidine groups is 1. The Kier molecular flexibility index (Phi) is 10.2. The number of aryl methyl sites for hydroxylation is 1. The van der Waals surface area contributed by atoms with Crippen molar-refractivity contribution in [1.29, 1.82) is 0 Å². The first-order valence-electron chi connectivity index (χ1n) is 8.90. The maximum Gasteiger partial charge on any atom is 0.194 e. The standard InChI is InChI=1S/C21H29N3O2.HI/c1-5-22-21(24(3)15-17-11-9-16(2)10-12-17)23-14-20(25)18-7-6-8-19(13-18)26-4;/h6-13,20,25H,5,14-15H2,1-4H3,(H,22,23);1H. The first kappa shape index (κ1) is 23.2. The summed E-state index contributed by atoms with van der Waals surface area (Å²) in [4.78, 5) is 6.66. The molecule has 2 aromatic rings. The second kappa shape index (κ2) is 11.8. The molecule has 0 spiro atoms. The van der Waals surface area contributed by atoms with E-state index in [2.05, 4.69) is 46.4 Å². The van der Waals surface area contributed by atoms with Gasteiger partial charge in [-0.05, 0) is 37.1 Å². The normalized spacial score (nSPS) is 12.1. The van der Waals surface area contributed by atoms with Crippen LogP contribution in [0.25, 0.3) is 0 Å². The molecule has 2 N–H and O–H groups in total. The lowest BCUT2D eigenvalue weighted by atomic mass is 10.1. The molecule has 0 aliphatic rings. The lowest BCUT2D eigenvalue weighted by Gasteiger charge is -2.23. The van der Waals surface area contributed by atoms with Crippen LogP contribution in [0.1, 0.15) is 29.7 Å². The summed E-state index contributed by atoms with van der Waals surface area (Å²) in [7, 11) is 3.62. The minimum atomic E-state index is -0.675. The van der Waals surface area contributed by atoms with Crippen LogP contribution < -0.4 is 10.1 Å². The van der Waals surface area contributed by atoms with E-state index in [-0.39, 0.29) is 30.5 Å². The maximum absolute atomic E-state index is 10.5. The molecule has 0 saturated carbocycles. The summed E-state index contributed by atoms with van der Waals surface area (Å²) >= 11 is 0. The highest BCUT2D eigenvalue weighted by Gasteiger charge is 2.11. The van der Waals surface area contributed by atoms with E-state index in [1.807, 2.05) is 38.2 Å². The zero-order chi connectivity index (χ0) is 18.9. The predicted octanol–water partition coefficient (Wildman–Crippen LogP) is 3.75. The second-order valence-corrected chi connectivity index (χ2v) is 6.33. The smallest absolute Gasteiger partial charge is 0.194 e. The number of nitrogens with zero attached hydrogens (tertiary/aromatic N) is 2. The Morgan fingerprint density at radius 3 is 2.56 bits per heavy atom. The minimum Gasteiger partial charge on any atom is -0.497 e. The molecule has 27 heavy (non-hydrogen) atoms. The molecule has 6 heteroatoms. The summed E-state index contributed by atoms with van der Waals surface area (Å²) in [6, 6.07) is 15.9. The Balaban J connectivity index is 0.00000364. The number of hydrogen-bond donors (Lipinski definition) is 2. The van der Waals surface area contributed by atoms with E-state index in [0.29, 0.717) is 0 Å². The summed E-state index contributed by atoms with van der Waals surface area (Å²) in [5, 5.41) is 13.7. The molecule has 0 bridgehead atoms. The Labute approximate surface area is 179 Å². The molecule has 0 heterocycles. The molecule has 0 amide bonds. The van der Waals surface area contributed by atoms with Crippen molar-refractivity contribution < 1.29 is 9.84 Å². The van der Waals surface area contributed by atoms with Gasteiger partial charge in [-0.3, -0.25) is 4.99 Å². The predicted molar refractivity (Wildman–Crippen MR) is 122 cm³/mol. The van der Waals surface area contributed by atoms with Gasteiger partial charge < -0.3 is 20.1 Å². The third-order valence-electron chi connectivity index (χ3n) is 4.13. The van der Waals surface area contributed by atoms with Crippen molar-refractivity contribution in [3.05, 3.63) is 65.2 Å². The number of aliphatic hydroxyl groups excluding tert-OH is 1. The van der Waals surface area contributed by atoms with Crippen LogP contribution in [0.5, 0.6) is 5.75 Å². The lowest BCUT2D eigenvalue weighted by molar-refractivity contribution is 0.186. The fourth-order valence-corrected chi connectivity index (χ4v) is 2.64. The molecule has 0 saturated heterocycles. The molecule has 0 aliphatic carbocycles. The average Bonchev–Trinajstić information content (AvgIpc) is 2.66. The van der Waals surface area contributed by atoms with Gasteiger partial charge in [-0.25, -0.2) is 0 Å². The molecule has 148 valence electrons. The highest BCUT2D eigenvalue weighted by Crippen LogP contribution is 2.19. The van der Waals surface area contributed by atoms with Crippen LogP contribution in [0.3, 0.4) is 0 Å². The van der Waals surface area contributed by atoms with Crippen molar-refractivity contribution in [3.8, 4) is 5.75 Å². The number of rotatable bonds is 7. The summed E-state index contributed by atoms with van der Waals surface area (Å²) in [6.07, 6.45) is -0.675. The first-order chi connectivity index (χ1) is 12.5. The molecule has 1 atom stereocenters. The molecular formula is C21H30IN3O2. The summed E-state index contributed by atoms with van der Waals surface area (Å²) in [6.45, 7) is 5.92. The summed E-state index contributed by atoms with van der Waals surface area (Å²) < 4.78 is 5.21. The molecule has 0 aliphatic heterocycles. The van der Waals surface area contributed by atoms with Crippen molar-refractivity contribution in [3.63, 3.8) is 0 Å². The molecule has 0 fully saturated rings. The van der Waals surface area contributed by atoms with E-state index in [1.165, 1.54) is 11.1 Å². The van der Waals surface area contributed by atoms with Crippen molar-refractivity contribution in [2.75, 3.05) is 27.2 Å². The van der Waals surface area contributed by atoms with Crippen LogP contribution in [0.15, 0.2) is 53.5 Å². The number of hydrogen-bond acceptors (Lipinski definition) is 3. The molecule has 0 radical (unpaired) electrons. The van der Waals surface area contributed by atoms with Gasteiger partial charge in [-0.2, -0.15) is 0 Å². The van der Waals surface area contributed by atoms with Gasteiger partial charge in [0, 0.05) is 20.1 Å². The van der Waals surface area contributed by atoms with E-state index >= 15 is 0 Å². The van der Waals surface area contributed by atoms with Gasteiger partial charge in [0.1, 0.15) is 5.75 Å². The zero-order valence-corrected chi connectivity index (χ0v) is 18.8. The quantitative estimate of drug-likeness (QED) is 0.358. The monoisotopic (exact) mass is 483 g/mol. The van der Waals surface area contributed by atoms with Crippen LogP contribution in [0, 0.1) is 6.92 Å². The topological polar surface area (TPSA) is 57.1 Å². The van der Waals surface area contributed by atoms with Crippen LogP contribution in [0.4, 0.5) is 0 Å². The van der Waals surface area contributed by atoms with Crippen LogP contribution >= 0.6 is 24.0 Å². The Bertz CT molecular complexity index is 720. The highest BCUT2D eigenvalue weighted by atomic mass is 127. The molecule has 2 rings (SSSR count). The van der Waals surface area contributed by atoms with Gasteiger partial charge in [0.05, 0.1) is 19.8 Å². The molecular weight excluding hydrogens is 453 g/mol. The van der Waals surface area contributed by atoms with E-state index in [9.17, 15) is 5.11 Å². The van der Waals surface area contributed by atoms with Crippen LogP contribution in [-0.2, 0) is 6.54 Å². The van der Waals surface area contributed by atoms with Crippen LogP contribution in [0.2, 0.25) is 0 Å². The fraction of sp³-hybridized carbons (Fsp3) is 0.381. The van der Waals surface area contributed by atoms with Crippen molar-refractivity contribution >= 4 is 29.9 Å². The van der Waals surface area contributed by atoms with Gasteiger partial charge in [0.15, 0.2) is 5.96 Å². The molecule has 1 unspecified atom stereocenters. The zero-order valence-electron chi connectivity index (χ0n) is 16.5. The fourth-order valence-electron chi connectivity index (χ4n) is 2.64. The van der Waals surface area contributed by atoms with Gasteiger partial charge in [0.25, 0.3) is 0 Å². The highest BCUT2D eigenvalue weighted by molar-refractivity contribution is 14.0. The van der Waals surface area contributed by atoms with E-state index in [0.717, 1.165) is 30.4 Å². The van der Waals surface area contributed by atoms with E-state index < -0.39 is 6.10 Å². The Hall–Kier alpha value is -1.80.